The van der Waals surface area contributed by atoms with E-state index in [2.05, 4.69) is 10.4 Å². The average molecular weight is 239 g/mol. The molecule has 0 aliphatic carbocycles. The number of nitrogens with zero attached hydrogens (tertiary/aromatic N) is 2. The Kier molecular flexibility index (Phi) is 3.17. The molecule has 0 aromatic carbocycles. The fourth-order valence-corrected chi connectivity index (χ4v) is 2.03. The molecule has 2 rings (SSSR count). The summed E-state index contributed by atoms with van der Waals surface area (Å²) in [4.78, 5) is 11.6. The van der Waals surface area contributed by atoms with Crippen LogP contribution in [0.15, 0.2) is 6.20 Å². The van der Waals surface area contributed by atoms with Crippen molar-refractivity contribution in [3.8, 4) is 0 Å². The van der Waals surface area contributed by atoms with Crippen LogP contribution < -0.4 is 5.32 Å². The summed E-state index contributed by atoms with van der Waals surface area (Å²) in [5, 5.41) is 7.30. The smallest absolute Gasteiger partial charge is 0.358 e. The molecule has 6 nitrogen and oxygen atoms in total. The summed E-state index contributed by atoms with van der Waals surface area (Å²) in [6.45, 7) is 1.58. The molecule has 0 unspecified atom stereocenters. The summed E-state index contributed by atoms with van der Waals surface area (Å²) in [6, 6.07) is 0. The molecule has 1 aliphatic rings. The van der Waals surface area contributed by atoms with Gasteiger partial charge in [0.2, 0.25) is 0 Å². The Hall–Kier alpha value is -1.40. The quantitative estimate of drug-likeness (QED) is 0.733. The van der Waals surface area contributed by atoms with Crippen LogP contribution in [0.3, 0.4) is 0 Å². The summed E-state index contributed by atoms with van der Waals surface area (Å²) in [6.07, 6.45) is 2.50. The summed E-state index contributed by atoms with van der Waals surface area (Å²) in [7, 11) is 4.83. The molecule has 1 aromatic heterocycles. The molecule has 1 saturated heterocycles. The van der Waals surface area contributed by atoms with Gasteiger partial charge in [0.1, 0.15) is 0 Å². The molecular weight excluding hydrogens is 222 g/mol. The van der Waals surface area contributed by atoms with Crippen molar-refractivity contribution in [3.63, 3.8) is 0 Å². The number of aromatic nitrogens is 2. The molecule has 0 atom stereocenters. The maximum atomic E-state index is 11.6. The van der Waals surface area contributed by atoms with Gasteiger partial charge in [-0.2, -0.15) is 5.10 Å². The van der Waals surface area contributed by atoms with Crippen molar-refractivity contribution < 1.29 is 14.3 Å². The summed E-state index contributed by atoms with van der Waals surface area (Å²) in [5.74, 6) is -0.404. The summed E-state index contributed by atoms with van der Waals surface area (Å²) >= 11 is 0. The lowest BCUT2D eigenvalue weighted by Gasteiger charge is -2.41. The monoisotopic (exact) mass is 239 g/mol. The number of esters is 1. The Labute approximate surface area is 99.9 Å². The standard InChI is InChI=1S/C11H17N3O3/c1-14-5-8(9(13-14)10(15)16-2)4-11(17-3)6-12-7-11/h5,12H,4,6-7H2,1-3H3. The lowest BCUT2D eigenvalue weighted by atomic mass is 9.89. The fourth-order valence-electron chi connectivity index (χ4n) is 2.03. The van der Waals surface area contributed by atoms with E-state index in [-0.39, 0.29) is 5.60 Å². The topological polar surface area (TPSA) is 65.4 Å². The number of rotatable bonds is 4. The predicted molar refractivity (Wildman–Crippen MR) is 60.9 cm³/mol. The van der Waals surface area contributed by atoms with Gasteiger partial charge in [-0.05, 0) is 0 Å². The molecule has 6 heteroatoms. The zero-order valence-corrected chi connectivity index (χ0v) is 10.3. The van der Waals surface area contributed by atoms with Gasteiger partial charge in [-0.15, -0.1) is 0 Å². The normalized spacial score (nSPS) is 17.6. The first-order valence-corrected chi connectivity index (χ1v) is 5.47. The number of carbonyl (C=O) groups excluding carboxylic acids is 1. The van der Waals surface area contributed by atoms with Crippen molar-refractivity contribution in [1.82, 2.24) is 15.1 Å². The van der Waals surface area contributed by atoms with E-state index in [1.807, 2.05) is 6.20 Å². The van der Waals surface area contributed by atoms with E-state index in [1.165, 1.54) is 7.11 Å². The highest BCUT2D eigenvalue weighted by Gasteiger charge is 2.38. The number of ether oxygens (including phenoxy) is 2. The van der Waals surface area contributed by atoms with E-state index < -0.39 is 5.97 Å². The van der Waals surface area contributed by atoms with E-state index in [0.29, 0.717) is 12.1 Å². The predicted octanol–water partition coefficient (Wildman–Crippen LogP) is -0.262. The van der Waals surface area contributed by atoms with Gasteiger partial charge in [-0.1, -0.05) is 0 Å². The van der Waals surface area contributed by atoms with Crippen LogP contribution in [0.5, 0.6) is 0 Å². The minimum atomic E-state index is -0.404. The summed E-state index contributed by atoms with van der Waals surface area (Å²) < 4.78 is 11.8. The second-order valence-corrected chi connectivity index (χ2v) is 4.34. The highest BCUT2D eigenvalue weighted by atomic mass is 16.5. The molecule has 1 N–H and O–H groups in total. The van der Waals surface area contributed by atoms with Crippen LogP contribution in [-0.2, 0) is 22.9 Å². The van der Waals surface area contributed by atoms with Crippen LogP contribution >= 0.6 is 0 Å². The molecule has 0 amide bonds. The molecule has 1 aromatic rings. The SMILES string of the molecule is COC(=O)c1nn(C)cc1CC1(OC)CNC1. The maximum absolute atomic E-state index is 11.6. The lowest BCUT2D eigenvalue weighted by molar-refractivity contribution is -0.0503. The van der Waals surface area contributed by atoms with Crippen LogP contribution in [0.2, 0.25) is 0 Å². The van der Waals surface area contributed by atoms with Gasteiger partial charge in [-0.25, -0.2) is 4.79 Å². The molecule has 0 bridgehead atoms. The Morgan fingerprint density at radius 3 is 2.76 bits per heavy atom. The van der Waals surface area contributed by atoms with E-state index in [4.69, 9.17) is 9.47 Å². The Balaban J connectivity index is 2.23. The molecule has 0 spiro atoms. The van der Waals surface area contributed by atoms with E-state index >= 15 is 0 Å². The van der Waals surface area contributed by atoms with Crippen molar-refractivity contribution in [2.75, 3.05) is 27.3 Å². The molecule has 94 valence electrons. The Bertz CT molecular complexity index is 418. The molecular formula is C11H17N3O3. The first-order chi connectivity index (χ1) is 8.10. The van der Waals surface area contributed by atoms with Crippen LogP contribution in [0.25, 0.3) is 0 Å². The highest BCUT2D eigenvalue weighted by Crippen LogP contribution is 2.23. The van der Waals surface area contributed by atoms with E-state index in [1.54, 1.807) is 18.8 Å². The number of methoxy groups -OCH3 is 2. The average Bonchev–Trinajstić information content (AvgIpc) is 2.63. The van der Waals surface area contributed by atoms with Crippen molar-refractivity contribution in [2.24, 2.45) is 7.05 Å². The van der Waals surface area contributed by atoms with Gasteiger partial charge in [-0.3, -0.25) is 4.68 Å². The van der Waals surface area contributed by atoms with Crippen molar-refractivity contribution >= 4 is 5.97 Å². The van der Waals surface area contributed by atoms with Gasteiger partial charge in [0.15, 0.2) is 5.69 Å². The number of nitrogens with one attached hydrogen (secondary N) is 1. The van der Waals surface area contributed by atoms with Crippen LogP contribution in [0.4, 0.5) is 0 Å². The largest absolute Gasteiger partial charge is 0.464 e. The molecule has 17 heavy (non-hydrogen) atoms. The van der Waals surface area contributed by atoms with E-state index in [0.717, 1.165) is 18.7 Å². The maximum Gasteiger partial charge on any atom is 0.358 e. The van der Waals surface area contributed by atoms with Gasteiger partial charge < -0.3 is 14.8 Å². The van der Waals surface area contributed by atoms with Crippen molar-refractivity contribution in [2.45, 2.75) is 12.0 Å². The van der Waals surface area contributed by atoms with Crippen LogP contribution in [-0.4, -0.2) is 48.7 Å². The molecule has 2 heterocycles. The molecule has 0 radical (unpaired) electrons. The minimum absolute atomic E-state index is 0.216. The number of aryl methyl sites for hydroxylation is 1. The van der Waals surface area contributed by atoms with Crippen LogP contribution in [0, 0.1) is 0 Å². The van der Waals surface area contributed by atoms with Gasteiger partial charge >= 0.3 is 5.97 Å². The number of hydrogen-bond acceptors (Lipinski definition) is 5. The highest BCUT2D eigenvalue weighted by molar-refractivity contribution is 5.88. The van der Waals surface area contributed by atoms with Gasteiger partial charge in [0.25, 0.3) is 0 Å². The molecule has 1 fully saturated rings. The Morgan fingerprint density at radius 2 is 2.29 bits per heavy atom. The second-order valence-electron chi connectivity index (χ2n) is 4.34. The molecule has 1 aliphatic heterocycles. The van der Waals surface area contributed by atoms with Crippen molar-refractivity contribution in [3.05, 3.63) is 17.5 Å². The van der Waals surface area contributed by atoms with Crippen LogP contribution in [0.1, 0.15) is 16.1 Å². The zero-order valence-electron chi connectivity index (χ0n) is 10.3. The lowest BCUT2D eigenvalue weighted by Crippen LogP contribution is -2.62. The zero-order chi connectivity index (χ0) is 12.5. The number of carbonyl (C=O) groups is 1. The third-order valence-electron chi connectivity index (χ3n) is 3.12. The second kappa shape index (κ2) is 4.46. The third kappa shape index (κ3) is 2.18. The minimum Gasteiger partial charge on any atom is -0.464 e. The first-order valence-electron chi connectivity index (χ1n) is 5.47. The van der Waals surface area contributed by atoms with Gasteiger partial charge in [0.05, 0.1) is 12.7 Å². The first kappa shape index (κ1) is 12.1. The third-order valence-corrected chi connectivity index (χ3v) is 3.12. The summed E-state index contributed by atoms with van der Waals surface area (Å²) in [5.41, 5.74) is 1.02. The van der Waals surface area contributed by atoms with E-state index in [9.17, 15) is 4.79 Å². The Morgan fingerprint density at radius 1 is 1.59 bits per heavy atom. The molecule has 0 saturated carbocycles. The van der Waals surface area contributed by atoms with Gasteiger partial charge in [0, 0.05) is 45.4 Å². The van der Waals surface area contributed by atoms with Crippen molar-refractivity contribution in [1.29, 1.82) is 0 Å². The number of hydrogen-bond donors (Lipinski definition) is 1. The fraction of sp³-hybridized carbons (Fsp3) is 0.636.